The lowest BCUT2D eigenvalue weighted by Crippen LogP contribution is -2.23. The Morgan fingerprint density at radius 3 is 1.92 bits per heavy atom. The first kappa shape index (κ1) is 23.8. The van der Waals surface area contributed by atoms with Crippen LogP contribution < -0.4 is 0 Å². The monoisotopic (exact) mass is 354 g/mol. The van der Waals surface area contributed by atoms with Gasteiger partial charge in [-0.3, -0.25) is 9.59 Å². The van der Waals surface area contributed by atoms with Crippen molar-refractivity contribution in [1.29, 1.82) is 0 Å². The highest BCUT2D eigenvalue weighted by Gasteiger charge is 2.11. The lowest BCUT2D eigenvalue weighted by molar-refractivity contribution is -0.153. The molecule has 0 heterocycles. The van der Waals surface area contributed by atoms with E-state index in [4.69, 9.17) is 9.84 Å². The van der Waals surface area contributed by atoms with Crippen LogP contribution >= 0.6 is 0 Å². The van der Waals surface area contributed by atoms with E-state index >= 15 is 0 Å². The number of aldehydes is 1. The van der Waals surface area contributed by atoms with E-state index in [0.717, 1.165) is 25.7 Å². The number of rotatable bonds is 18. The Balaban J connectivity index is 3.29. The Bertz CT molecular complexity index is 339. The molecular formula is C21H38O4. The van der Waals surface area contributed by atoms with E-state index in [0.29, 0.717) is 12.7 Å². The molecule has 0 rings (SSSR count). The van der Waals surface area contributed by atoms with Gasteiger partial charge in [-0.25, -0.2) is 0 Å². The molecule has 0 saturated heterocycles. The fourth-order valence-electron chi connectivity index (χ4n) is 2.68. The van der Waals surface area contributed by atoms with E-state index in [1.807, 2.05) is 0 Å². The zero-order valence-electron chi connectivity index (χ0n) is 16.1. The number of hydrogen-bond donors (Lipinski definition) is 1. The second kappa shape index (κ2) is 19.2. The number of aliphatic hydroxyl groups is 1. The van der Waals surface area contributed by atoms with Crippen LogP contribution in [0.4, 0.5) is 0 Å². The zero-order valence-corrected chi connectivity index (χ0v) is 16.1. The van der Waals surface area contributed by atoms with E-state index in [9.17, 15) is 9.59 Å². The summed E-state index contributed by atoms with van der Waals surface area (Å²) < 4.78 is 4.80. The summed E-state index contributed by atoms with van der Waals surface area (Å²) in [6, 6.07) is 0. The molecule has 4 heteroatoms. The fourth-order valence-corrected chi connectivity index (χ4v) is 2.68. The van der Waals surface area contributed by atoms with Crippen molar-refractivity contribution >= 4 is 12.3 Å². The molecule has 25 heavy (non-hydrogen) atoms. The molecular weight excluding hydrogens is 316 g/mol. The highest BCUT2D eigenvalue weighted by Crippen LogP contribution is 2.10. The number of ether oxygens (including phenoxy) is 1. The van der Waals surface area contributed by atoms with Gasteiger partial charge in [0.1, 0.15) is 0 Å². The van der Waals surface area contributed by atoms with Gasteiger partial charge in [0.25, 0.3) is 0 Å². The minimum atomic E-state index is -1.00. The molecule has 1 unspecified atom stereocenters. The van der Waals surface area contributed by atoms with E-state index in [2.05, 4.69) is 19.1 Å². The van der Waals surface area contributed by atoms with Crippen LogP contribution in [0.2, 0.25) is 0 Å². The number of carbonyl (C=O) groups is 2. The van der Waals surface area contributed by atoms with Crippen molar-refractivity contribution in [2.45, 2.75) is 103 Å². The first-order valence-corrected chi connectivity index (χ1v) is 10.1. The molecule has 0 spiro atoms. The molecule has 0 fully saturated rings. The number of aliphatic hydroxyl groups excluding tert-OH is 1. The Kier molecular flexibility index (Phi) is 18.3. The summed E-state index contributed by atoms with van der Waals surface area (Å²) in [5.41, 5.74) is 0. The van der Waals surface area contributed by atoms with Crippen molar-refractivity contribution in [3.63, 3.8) is 0 Å². The third kappa shape index (κ3) is 17.5. The molecule has 0 aliphatic carbocycles. The minimum absolute atomic E-state index is 0.322. The Morgan fingerprint density at radius 2 is 1.40 bits per heavy atom. The molecule has 0 saturated carbocycles. The maximum absolute atomic E-state index is 11.4. The van der Waals surface area contributed by atoms with Crippen molar-refractivity contribution in [2.24, 2.45) is 0 Å². The van der Waals surface area contributed by atoms with Gasteiger partial charge in [-0.05, 0) is 32.1 Å². The average molecular weight is 355 g/mol. The van der Waals surface area contributed by atoms with Crippen LogP contribution in [0.15, 0.2) is 12.2 Å². The minimum Gasteiger partial charge on any atom is -0.452 e. The summed E-state index contributed by atoms with van der Waals surface area (Å²) in [5, 5.41) is 8.76. The molecule has 0 bridgehead atoms. The lowest BCUT2D eigenvalue weighted by Gasteiger charge is -2.08. The number of unbranched alkanes of at least 4 members (excludes halogenated alkanes) is 11. The first-order chi connectivity index (χ1) is 12.2. The predicted molar refractivity (Wildman–Crippen MR) is 102 cm³/mol. The van der Waals surface area contributed by atoms with Gasteiger partial charge in [0.2, 0.25) is 0 Å². The molecule has 0 radical (unpaired) electrons. The molecule has 0 aromatic rings. The molecule has 0 aromatic heterocycles. The van der Waals surface area contributed by atoms with E-state index < -0.39 is 18.7 Å². The number of hydrogen-bond acceptors (Lipinski definition) is 4. The molecule has 0 aliphatic rings. The average Bonchev–Trinajstić information content (AvgIpc) is 2.62. The standard InChI is InChI=1S/C21H38O4/c1-2-3-4-5-6-7-8-9-10-11-12-13-14-15-16-17-21(24)25-20(18-22)19-23/h9-10,18,20,23H,2-8,11-17,19H2,1H3. The van der Waals surface area contributed by atoms with Gasteiger partial charge < -0.3 is 9.84 Å². The van der Waals surface area contributed by atoms with Crippen LogP contribution in [-0.2, 0) is 14.3 Å². The maximum Gasteiger partial charge on any atom is 0.306 e. The van der Waals surface area contributed by atoms with Gasteiger partial charge in [0, 0.05) is 6.42 Å². The quantitative estimate of drug-likeness (QED) is 0.160. The van der Waals surface area contributed by atoms with Gasteiger partial charge >= 0.3 is 5.97 Å². The van der Waals surface area contributed by atoms with E-state index in [-0.39, 0.29) is 0 Å². The first-order valence-electron chi connectivity index (χ1n) is 10.1. The highest BCUT2D eigenvalue weighted by molar-refractivity contribution is 5.72. The lowest BCUT2D eigenvalue weighted by atomic mass is 10.1. The number of allylic oxidation sites excluding steroid dienone is 2. The van der Waals surface area contributed by atoms with Crippen LogP contribution in [0.5, 0.6) is 0 Å². The topological polar surface area (TPSA) is 63.6 Å². The summed E-state index contributed by atoms with van der Waals surface area (Å²) in [4.78, 5) is 21.8. The summed E-state index contributed by atoms with van der Waals surface area (Å²) in [7, 11) is 0. The van der Waals surface area contributed by atoms with Crippen molar-refractivity contribution in [2.75, 3.05) is 6.61 Å². The largest absolute Gasteiger partial charge is 0.452 e. The van der Waals surface area contributed by atoms with Gasteiger partial charge in [-0.1, -0.05) is 70.4 Å². The van der Waals surface area contributed by atoms with Crippen molar-refractivity contribution < 1.29 is 19.4 Å². The molecule has 1 atom stereocenters. The summed E-state index contributed by atoms with van der Waals surface area (Å²) in [6.07, 6.45) is 20.2. The third-order valence-electron chi connectivity index (χ3n) is 4.26. The summed E-state index contributed by atoms with van der Waals surface area (Å²) >= 11 is 0. The van der Waals surface area contributed by atoms with Crippen molar-refractivity contribution in [3.05, 3.63) is 12.2 Å². The second-order valence-corrected chi connectivity index (χ2v) is 6.68. The summed E-state index contributed by atoms with van der Waals surface area (Å²) in [5.74, 6) is -0.399. The molecule has 0 amide bonds. The van der Waals surface area contributed by atoms with Crippen LogP contribution in [0.1, 0.15) is 96.8 Å². The Morgan fingerprint density at radius 1 is 0.880 bits per heavy atom. The van der Waals surface area contributed by atoms with Crippen molar-refractivity contribution in [3.8, 4) is 0 Å². The number of carbonyl (C=O) groups excluding carboxylic acids is 2. The van der Waals surface area contributed by atoms with Gasteiger partial charge in [-0.2, -0.15) is 0 Å². The number of esters is 1. The van der Waals surface area contributed by atoms with Gasteiger partial charge in [0.15, 0.2) is 12.4 Å². The molecule has 0 aliphatic heterocycles. The predicted octanol–water partition coefficient (Wildman–Crippen LogP) is 5.13. The third-order valence-corrected chi connectivity index (χ3v) is 4.26. The summed E-state index contributed by atoms with van der Waals surface area (Å²) in [6.45, 7) is 1.81. The molecule has 0 aromatic carbocycles. The molecule has 146 valence electrons. The Labute approximate surface area is 154 Å². The van der Waals surface area contributed by atoms with E-state index in [1.54, 1.807) is 0 Å². The van der Waals surface area contributed by atoms with Gasteiger partial charge in [-0.15, -0.1) is 0 Å². The van der Waals surface area contributed by atoms with Crippen LogP contribution in [-0.4, -0.2) is 30.1 Å². The Hall–Kier alpha value is -1.16. The van der Waals surface area contributed by atoms with Gasteiger partial charge in [0.05, 0.1) is 6.61 Å². The van der Waals surface area contributed by atoms with E-state index in [1.165, 1.54) is 57.8 Å². The van der Waals surface area contributed by atoms with Crippen LogP contribution in [0.3, 0.4) is 0 Å². The maximum atomic E-state index is 11.4. The SMILES string of the molecule is CCCCCCCCC=CCCCCCCCC(=O)OC(C=O)CO. The highest BCUT2D eigenvalue weighted by atomic mass is 16.6. The normalized spacial score (nSPS) is 12.4. The van der Waals surface area contributed by atoms with Crippen molar-refractivity contribution in [1.82, 2.24) is 0 Å². The fraction of sp³-hybridized carbons (Fsp3) is 0.810. The molecule has 4 nitrogen and oxygen atoms in total. The van der Waals surface area contributed by atoms with Crippen LogP contribution in [0.25, 0.3) is 0 Å². The van der Waals surface area contributed by atoms with Crippen LogP contribution in [0, 0.1) is 0 Å². The zero-order chi connectivity index (χ0) is 18.6. The second-order valence-electron chi connectivity index (χ2n) is 6.68. The smallest absolute Gasteiger partial charge is 0.306 e. The molecule has 1 N–H and O–H groups in total.